The SMILES string of the molecule is CCOc1ccc(-c2cc(C(=O)O)ccc2F)c(Cl)c1. The number of carboxylic acids is 1. The van der Waals surface area contributed by atoms with E-state index >= 15 is 0 Å². The maximum atomic E-state index is 13.9. The molecule has 0 aliphatic carbocycles. The topological polar surface area (TPSA) is 46.5 Å². The van der Waals surface area contributed by atoms with Crippen LogP contribution in [-0.4, -0.2) is 17.7 Å². The number of ether oxygens (including phenoxy) is 1. The van der Waals surface area contributed by atoms with E-state index in [0.29, 0.717) is 22.9 Å². The highest BCUT2D eigenvalue weighted by molar-refractivity contribution is 6.33. The van der Waals surface area contributed by atoms with Crippen molar-refractivity contribution in [1.29, 1.82) is 0 Å². The molecular formula is C15H12ClFO3. The Hall–Kier alpha value is -2.07. The number of rotatable bonds is 4. The molecule has 0 saturated heterocycles. The zero-order chi connectivity index (χ0) is 14.7. The highest BCUT2D eigenvalue weighted by atomic mass is 35.5. The van der Waals surface area contributed by atoms with Crippen molar-refractivity contribution in [3.8, 4) is 16.9 Å². The number of carboxylic acid groups (broad SMARTS) is 1. The summed E-state index contributed by atoms with van der Waals surface area (Å²) >= 11 is 6.11. The van der Waals surface area contributed by atoms with Gasteiger partial charge in [0.1, 0.15) is 11.6 Å². The zero-order valence-corrected chi connectivity index (χ0v) is 11.4. The van der Waals surface area contributed by atoms with E-state index < -0.39 is 11.8 Å². The van der Waals surface area contributed by atoms with Gasteiger partial charge in [0, 0.05) is 11.1 Å². The van der Waals surface area contributed by atoms with E-state index in [1.165, 1.54) is 12.1 Å². The van der Waals surface area contributed by atoms with Crippen molar-refractivity contribution in [2.24, 2.45) is 0 Å². The molecule has 5 heteroatoms. The zero-order valence-electron chi connectivity index (χ0n) is 10.7. The number of hydrogen-bond acceptors (Lipinski definition) is 2. The van der Waals surface area contributed by atoms with Gasteiger partial charge in [0.2, 0.25) is 0 Å². The lowest BCUT2D eigenvalue weighted by Gasteiger charge is -2.09. The van der Waals surface area contributed by atoms with Crippen LogP contribution in [0.5, 0.6) is 5.75 Å². The highest BCUT2D eigenvalue weighted by Gasteiger charge is 2.13. The fourth-order valence-corrected chi connectivity index (χ4v) is 2.11. The van der Waals surface area contributed by atoms with Crippen molar-refractivity contribution in [2.45, 2.75) is 6.92 Å². The molecule has 0 spiro atoms. The molecule has 0 atom stereocenters. The summed E-state index contributed by atoms with van der Waals surface area (Å²) in [4.78, 5) is 10.9. The van der Waals surface area contributed by atoms with E-state index in [0.717, 1.165) is 6.07 Å². The molecule has 0 aromatic heterocycles. The number of benzene rings is 2. The normalized spacial score (nSPS) is 10.3. The Morgan fingerprint density at radius 2 is 2.00 bits per heavy atom. The molecule has 2 rings (SSSR count). The molecule has 2 aromatic rings. The first-order chi connectivity index (χ1) is 9.52. The minimum absolute atomic E-state index is 0.00588. The van der Waals surface area contributed by atoms with Gasteiger partial charge in [-0.3, -0.25) is 0 Å². The molecule has 0 fully saturated rings. The molecule has 0 bridgehead atoms. The van der Waals surface area contributed by atoms with E-state index in [1.807, 2.05) is 6.92 Å². The average Bonchev–Trinajstić information content (AvgIpc) is 2.40. The molecule has 0 heterocycles. The lowest BCUT2D eigenvalue weighted by Crippen LogP contribution is -1.98. The van der Waals surface area contributed by atoms with Gasteiger partial charge in [-0.05, 0) is 43.3 Å². The molecule has 0 aliphatic rings. The third kappa shape index (κ3) is 2.91. The van der Waals surface area contributed by atoms with Crippen molar-refractivity contribution >= 4 is 17.6 Å². The Balaban J connectivity index is 2.50. The summed E-state index contributed by atoms with van der Waals surface area (Å²) in [5, 5.41) is 9.26. The second kappa shape index (κ2) is 5.92. The second-order valence-electron chi connectivity index (χ2n) is 4.07. The summed E-state index contributed by atoms with van der Waals surface area (Å²) in [7, 11) is 0. The fourth-order valence-electron chi connectivity index (χ4n) is 1.84. The first-order valence-corrected chi connectivity index (χ1v) is 6.36. The molecule has 0 unspecified atom stereocenters. The van der Waals surface area contributed by atoms with Gasteiger partial charge in [0.05, 0.1) is 17.2 Å². The molecule has 0 saturated carbocycles. The van der Waals surface area contributed by atoms with Gasteiger partial charge in [0.15, 0.2) is 0 Å². The fraction of sp³-hybridized carbons (Fsp3) is 0.133. The Morgan fingerprint density at radius 3 is 2.60 bits per heavy atom. The molecular weight excluding hydrogens is 283 g/mol. The van der Waals surface area contributed by atoms with E-state index in [1.54, 1.807) is 18.2 Å². The summed E-state index contributed by atoms with van der Waals surface area (Å²) in [6.45, 7) is 2.34. The Kier molecular flexibility index (Phi) is 4.25. The van der Waals surface area contributed by atoms with Gasteiger partial charge in [-0.2, -0.15) is 0 Å². The lowest BCUT2D eigenvalue weighted by molar-refractivity contribution is 0.0697. The van der Waals surface area contributed by atoms with Gasteiger partial charge in [-0.1, -0.05) is 11.6 Å². The maximum Gasteiger partial charge on any atom is 0.335 e. The van der Waals surface area contributed by atoms with E-state index in [4.69, 9.17) is 21.4 Å². The molecule has 20 heavy (non-hydrogen) atoms. The number of hydrogen-bond donors (Lipinski definition) is 1. The summed E-state index contributed by atoms with van der Waals surface area (Å²) < 4.78 is 19.2. The summed E-state index contributed by atoms with van der Waals surface area (Å²) in [5.41, 5.74) is 0.583. The number of carbonyl (C=O) groups is 1. The van der Waals surface area contributed by atoms with Crippen LogP contribution in [-0.2, 0) is 0 Å². The van der Waals surface area contributed by atoms with E-state index in [2.05, 4.69) is 0 Å². The summed E-state index contributed by atoms with van der Waals surface area (Å²) in [6, 6.07) is 8.44. The maximum absolute atomic E-state index is 13.9. The second-order valence-corrected chi connectivity index (χ2v) is 4.48. The largest absolute Gasteiger partial charge is 0.494 e. The Morgan fingerprint density at radius 1 is 1.25 bits per heavy atom. The van der Waals surface area contributed by atoms with Crippen LogP contribution in [0.3, 0.4) is 0 Å². The highest BCUT2D eigenvalue weighted by Crippen LogP contribution is 2.33. The third-order valence-electron chi connectivity index (χ3n) is 2.76. The van der Waals surface area contributed by atoms with Crippen LogP contribution in [0.25, 0.3) is 11.1 Å². The van der Waals surface area contributed by atoms with Gasteiger partial charge < -0.3 is 9.84 Å². The predicted molar refractivity (Wildman–Crippen MR) is 75.0 cm³/mol. The quantitative estimate of drug-likeness (QED) is 0.917. The van der Waals surface area contributed by atoms with Crippen LogP contribution in [0.15, 0.2) is 36.4 Å². The van der Waals surface area contributed by atoms with Crippen LogP contribution >= 0.6 is 11.6 Å². The summed E-state index contributed by atoms with van der Waals surface area (Å²) in [6.07, 6.45) is 0. The van der Waals surface area contributed by atoms with Crippen molar-refractivity contribution < 1.29 is 19.0 Å². The molecule has 2 aromatic carbocycles. The Bertz CT molecular complexity index is 656. The minimum Gasteiger partial charge on any atom is -0.494 e. The molecule has 3 nitrogen and oxygen atoms in total. The Labute approximate surface area is 120 Å². The monoisotopic (exact) mass is 294 g/mol. The average molecular weight is 295 g/mol. The standard InChI is InChI=1S/C15H12ClFO3/c1-2-20-10-4-5-11(13(16)8-10)12-7-9(15(18)19)3-6-14(12)17/h3-8H,2H2,1H3,(H,18,19). The van der Waals surface area contributed by atoms with Crippen molar-refractivity contribution in [3.63, 3.8) is 0 Å². The van der Waals surface area contributed by atoms with Gasteiger partial charge in [-0.25, -0.2) is 9.18 Å². The number of halogens is 2. The van der Waals surface area contributed by atoms with Crippen molar-refractivity contribution in [2.75, 3.05) is 6.61 Å². The molecule has 1 N–H and O–H groups in total. The van der Waals surface area contributed by atoms with Crippen LogP contribution in [0, 0.1) is 5.82 Å². The van der Waals surface area contributed by atoms with Crippen LogP contribution in [0.4, 0.5) is 4.39 Å². The van der Waals surface area contributed by atoms with Gasteiger partial charge >= 0.3 is 5.97 Å². The first-order valence-electron chi connectivity index (χ1n) is 5.98. The molecule has 0 amide bonds. The van der Waals surface area contributed by atoms with Crippen molar-refractivity contribution in [3.05, 3.63) is 52.8 Å². The predicted octanol–water partition coefficient (Wildman–Crippen LogP) is 4.24. The molecule has 0 aliphatic heterocycles. The smallest absolute Gasteiger partial charge is 0.335 e. The van der Waals surface area contributed by atoms with Crippen LogP contribution in [0.2, 0.25) is 5.02 Å². The van der Waals surface area contributed by atoms with E-state index in [9.17, 15) is 9.18 Å². The first kappa shape index (κ1) is 14.3. The minimum atomic E-state index is -1.12. The van der Waals surface area contributed by atoms with Crippen LogP contribution in [0.1, 0.15) is 17.3 Å². The van der Waals surface area contributed by atoms with E-state index in [-0.39, 0.29) is 11.1 Å². The molecule has 0 radical (unpaired) electrons. The van der Waals surface area contributed by atoms with Gasteiger partial charge in [-0.15, -0.1) is 0 Å². The lowest BCUT2D eigenvalue weighted by atomic mass is 10.0. The number of aromatic carboxylic acids is 1. The summed E-state index contributed by atoms with van der Waals surface area (Å²) in [5.74, 6) is -1.06. The third-order valence-corrected chi connectivity index (χ3v) is 3.07. The van der Waals surface area contributed by atoms with Crippen molar-refractivity contribution in [1.82, 2.24) is 0 Å². The van der Waals surface area contributed by atoms with Gasteiger partial charge in [0.25, 0.3) is 0 Å². The van der Waals surface area contributed by atoms with Crippen LogP contribution < -0.4 is 4.74 Å². The molecule has 104 valence electrons.